The van der Waals surface area contributed by atoms with E-state index in [4.69, 9.17) is 5.73 Å². The standard InChI is InChI=1S/C7H13NO/c1-3-5-6(4-2)7(8)9/h3,6H,1,4-5H2,2H3,(H2,8,9)/t6-/m1/s1. The van der Waals surface area contributed by atoms with Gasteiger partial charge in [-0.05, 0) is 12.8 Å². The fourth-order valence-electron chi connectivity index (χ4n) is 0.685. The number of hydrogen-bond acceptors (Lipinski definition) is 1. The fourth-order valence-corrected chi connectivity index (χ4v) is 0.685. The first-order chi connectivity index (χ1) is 4.22. The van der Waals surface area contributed by atoms with Crippen LogP contribution in [0.1, 0.15) is 19.8 Å². The van der Waals surface area contributed by atoms with Crippen molar-refractivity contribution in [1.29, 1.82) is 0 Å². The lowest BCUT2D eigenvalue weighted by molar-refractivity contribution is -0.121. The van der Waals surface area contributed by atoms with Gasteiger partial charge in [0.2, 0.25) is 5.91 Å². The summed E-state index contributed by atoms with van der Waals surface area (Å²) < 4.78 is 0. The van der Waals surface area contributed by atoms with Crippen molar-refractivity contribution >= 4 is 5.91 Å². The summed E-state index contributed by atoms with van der Waals surface area (Å²) in [6, 6.07) is 0. The molecule has 9 heavy (non-hydrogen) atoms. The van der Waals surface area contributed by atoms with Gasteiger partial charge in [0.1, 0.15) is 0 Å². The van der Waals surface area contributed by atoms with Gasteiger partial charge in [0.15, 0.2) is 0 Å². The number of carbonyl (C=O) groups excluding carboxylic acids is 1. The van der Waals surface area contributed by atoms with E-state index in [9.17, 15) is 4.79 Å². The Morgan fingerprint density at radius 2 is 2.44 bits per heavy atom. The first-order valence-electron chi connectivity index (χ1n) is 3.12. The Morgan fingerprint density at radius 3 is 2.56 bits per heavy atom. The number of hydrogen-bond donors (Lipinski definition) is 1. The average Bonchev–Trinajstić information content (AvgIpc) is 1.82. The molecule has 0 aromatic rings. The van der Waals surface area contributed by atoms with Gasteiger partial charge in [-0.3, -0.25) is 4.79 Å². The fraction of sp³-hybridized carbons (Fsp3) is 0.571. The molecule has 0 spiro atoms. The molecule has 0 saturated carbocycles. The highest BCUT2D eigenvalue weighted by molar-refractivity contribution is 5.76. The molecular formula is C7H13NO. The molecule has 0 unspecified atom stereocenters. The minimum atomic E-state index is -0.225. The highest BCUT2D eigenvalue weighted by atomic mass is 16.1. The van der Waals surface area contributed by atoms with Gasteiger partial charge >= 0.3 is 0 Å². The summed E-state index contributed by atoms with van der Waals surface area (Å²) in [5.74, 6) is -0.236. The second-order valence-electron chi connectivity index (χ2n) is 2.03. The molecule has 0 aromatic heterocycles. The summed E-state index contributed by atoms with van der Waals surface area (Å²) in [7, 11) is 0. The molecule has 1 atom stereocenters. The molecule has 0 bridgehead atoms. The van der Waals surface area contributed by atoms with Crippen molar-refractivity contribution in [3.05, 3.63) is 12.7 Å². The summed E-state index contributed by atoms with van der Waals surface area (Å²) >= 11 is 0. The number of primary amides is 1. The van der Waals surface area contributed by atoms with Crippen LogP contribution in [0.2, 0.25) is 0 Å². The second-order valence-corrected chi connectivity index (χ2v) is 2.03. The summed E-state index contributed by atoms with van der Waals surface area (Å²) in [6.07, 6.45) is 3.23. The van der Waals surface area contributed by atoms with Crippen molar-refractivity contribution < 1.29 is 4.79 Å². The zero-order valence-electron chi connectivity index (χ0n) is 5.76. The highest BCUT2D eigenvalue weighted by Gasteiger charge is 2.08. The minimum absolute atomic E-state index is 0.0116. The number of allylic oxidation sites excluding steroid dienone is 1. The van der Waals surface area contributed by atoms with Crippen LogP contribution >= 0.6 is 0 Å². The predicted octanol–water partition coefficient (Wildman–Crippen LogP) is 1.07. The maximum atomic E-state index is 10.5. The number of nitrogens with two attached hydrogens (primary N) is 1. The molecule has 2 heteroatoms. The van der Waals surface area contributed by atoms with Crippen LogP contribution in [-0.4, -0.2) is 5.91 Å². The van der Waals surface area contributed by atoms with Crippen LogP contribution < -0.4 is 5.73 Å². The smallest absolute Gasteiger partial charge is 0.220 e. The van der Waals surface area contributed by atoms with Crippen molar-refractivity contribution in [2.45, 2.75) is 19.8 Å². The highest BCUT2D eigenvalue weighted by Crippen LogP contribution is 2.06. The van der Waals surface area contributed by atoms with Gasteiger partial charge in [0, 0.05) is 5.92 Å². The normalized spacial score (nSPS) is 12.6. The van der Waals surface area contributed by atoms with E-state index in [-0.39, 0.29) is 11.8 Å². The summed E-state index contributed by atoms with van der Waals surface area (Å²) in [4.78, 5) is 10.5. The van der Waals surface area contributed by atoms with Gasteiger partial charge in [-0.25, -0.2) is 0 Å². The van der Waals surface area contributed by atoms with Gasteiger partial charge in [-0.1, -0.05) is 13.0 Å². The largest absolute Gasteiger partial charge is 0.369 e. The van der Waals surface area contributed by atoms with Crippen molar-refractivity contribution in [1.82, 2.24) is 0 Å². The Bertz CT molecular complexity index is 109. The van der Waals surface area contributed by atoms with Crippen LogP contribution in [0, 0.1) is 5.92 Å². The van der Waals surface area contributed by atoms with Crippen molar-refractivity contribution in [3.8, 4) is 0 Å². The second kappa shape index (κ2) is 4.13. The molecular weight excluding hydrogens is 114 g/mol. The van der Waals surface area contributed by atoms with Crippen molar-refractivity contribution in [2.24, 2.45) is 11.7 Å². The quantitative estimate of drug-likeness (QED) is 0.564. The van der Waals surface area contributed by atoms with E-state index in [1.807, 2.05) is 6.92 Å². The third-order valence-corrected chi connectivity index (χ3v) is 1.35. The SMILES string of the molecule is C=CC[C@@H](CC)C(N)=O. The van der Waals surface area contributed by atoms with Crippen LogP contribution in [0.3, 0.4) is 0 Å². The van der Waals surface area contributed by atoms with Crippen molar-refractivity contribution in [3.63, 3.8) is 0 Å². The van der Waals surface area contributed by atoms with Gasteiger partial charge in [0.25, 0.3) is 0 Å². The van der Waals surface area contributed by atoms with Gasteiger partial charge in [0.05, 0.1) is 0 Å². The Balaban J connectivity index is 3.67. The molecule has 0 radical (unpaired) electrons. The molecule has 0 aliphatic rings. The Labute approximate surface area is 55.7 Å². The minimum Gasteiger partial charge on any atom is -0.369 e. The van der Waals surface area contributed by atoms with Crippen LogP contribution in [-0.2, 0) is 4.79 Å². The van der Waals surface area contributed by atoms with Crippen LogP contribution in [0.5, 0.6) is 0 Å². The zero-order chi connectivity index (χ0) is 7.28. The summed E-state index contributed by atoms with van der Waals surface area (Å²) in [6.45, 7) is 5.47. The lowest BCUT2D eigenvalue weighted by atomic mass is 10.0. The van der Waals surface area contributed by atoms with Gasteiger partial charge in [-0.2, -0.15) is 0 Å². The van der Waals surface area contributed by atoms with E-state index in [0.717, 1.165) is 6.42 Å². The average molecular weight is 127 g/mol. The van der Waals surface area contributed by atoms with Crippen LogP contribution in [0.15, 0.2) is 12.7 Å². The molecule has 2 nitrogen and oxygen atoms in total. The first-order valence-corrected chi connectivity index (χ1v) is 3.12. The van der Waals surface area contributed by atoms with Gasteiger partial charge in [-0.15, -0.1) is 6.58 Å². The molecule has 1 amide bonds. The molecule has 2 N–H and O–H groups in total. The molecule has 0 rings (SSSR count). The molecule has 0 heterocycles. The van der Waals surface area contributed by atoms with E-state index in [0.29, 0.717) is 6.42 Å². The number of rotatable bonds is 4. The topological polar surface area (TPSA) is 43.1 Å². The summed E-state index contributed by atoms with van der Waals surface area (Å²) in [5, 5.41) is 0. The predicted molar refractivity (Wildman–Crippen MR) is 37.8 cm³/mol. The lowest BCUT2D eigenvalue weighted by Crippen LogP contribution is -2.21. The van der Waals surface area contributed by atoms with E-state index in [1.54, 1.807) is 6.08 Å². The third-order valence-electron chi connectivity index (χ3n) is 1.35. The van der Waals surface area contributed by atoms with E-state index in [1.165, 1.54) is 0 Å². The third kappa shape index (κ3) is 2.90. The van der Waals surface area contributed by atoms with E-state index >= 15 is 0 Å². The van der Waals surface area contributed by atoms with Gasteiger partial charge < -0.3 is 5.73 Å². The maximum absolute atomic E-state index is 10.5. The zero-order valence-corrected chi connectivity index (χ0v) is 5.76. The number of carbonyl (C=O) groups is 1. The lowest BCUT2D eigenvalue weighted by Gasteiger charge is -2.04. The summed E-state index contributed by atoms with van der Waals surface area (Å²) in [5.41, 5.74) is 5.05. The van der Waals surface area contributed by atoms with Crippen LogP contribution in [0.4, 0.5) is 0 Å². The molecule has 0 saturated heterocycles. The molecule has 0 aliphatic heterocycles. The number of amides is 1. The van der Waals surface area contributed by atoms with E-state index in [2.05, 4.69) is 6.58 Å². The molecule has 0 aromatic carbocycles. The molecule has 0 fully saturated rings. The van der Waals surface area contributed by atoms with E-state index < -0.39 is 0 Å². The maximum Gasteiger partial charge on any atom is 0.220 e. The Hall–Kier alpha value is -0.790. The Kier molecular flexibility index (Phi) is 3.76. The van der Waals surface area contributed by atoms with Crippen LogP contribution in [0.25, 0.3) is 0 Å². The Morgan fingerprint density at radius 1 is 1.89 bits per heavy atom. The van der Waals surface area contributed by atoms with Crippen molar-refractivity contribution in [2.75, 3.05) is 0 Å². The molecule has 52 valence electrons. The molecule has 0 aliphatic carbocycles. The first kappa shape index (κ1) is 8.21. The monoisotopic (exact) mass is 127 g/mol.